The largest absolute Gasteiger partial charge is 0.385 e. The molecule has 0 bridgehead atoms. The summed E-state index contributed by atoms with van der Waals surface area (Å²) in [4.78, 5) is 4.19. The van der Waals surface area contributed by atoms with Crippen molar-refractivity contribution in [3.63, 3.8) is 0 Å². The Morgan fingerprint density at radius 3 is 2.94 bits per heavy atom. The highest BCUT2D eigenvalue weighted by Crippen LogP contribution is 2.30. The van der Waals surface area contributed by atoms with Crippen LogP contribution >= 0.6 is 11.6 Å². The van der Waals surface area contributed by atoms with Gasteiger partial charge in [-0.05, 0) is 25.0 Å². The van der Waals surface area contributed by atoms with Crippen LogP contribution in [-0.4, -0.2) is 15.2 Å². The van der Waals surface area contributed by atoms with E-state index in [4.69, 9.17) is 16.1 Å². The molecule has 1 atom stereocenters. The molecular formula is C13H15ClN2O2. The molecule has 2 rings (SSSR count). The molecule has 1 aromatic heterocycles. The molecule has 4 nitrogen and oxygen atoms in total. The number of hydrogen-bond acceptors (Lipinski definition) is 4. The molecule has 0 saturated carbocycles. The molecule has 0 radical (unpaired) electrons. The normalized spacial score (nSPS) is 12.7. The number of aliphatic hydroxyl groups is 1. The third-order valence-electron chi connectivity index (χ3n) is 2.72. The molecular weight excluding hydrogens is 252 g/mol. The summed E-state index contributed by atoms with van der Waals surface area (Å²) in [5, 5.41) is 14.2. The summed E-state index contributed by atoms with van der Waals surface area (Å²) in [5.41, 5.74) is 1.64. The number of benzene rings is 1. The number of nitrogens with zero attached hydrogens (tertiary/aromatic N) is 2. The maximum Gasteiger partial charge on any atom is 0.259 e. The Labute approximate surface area is 111 Å². The van der Waals surface area contributed by atoms with E-state index >= 15 is 0 Å². The van der Waals surface area contributed by atoms with Crippen molar-refractivity contribution in [2.24, 2.45) is 0 Å². The van der Waals surface area contributed by atoms with Crippen molar-refractivity contribution in [1.29, 1.82) is 0 Å². The van der Waals surface area contributed by atoms with Crippen LogP contribution in [0.5, 0.6) is 0 Å². The maximum absolute atomic E-state index is 9.79. The van der Waals surface area contributed by atoms with Crippen molar-refractivity contribution in [2.75, 3.05) is 0 Å². The van der Waals surface area contributed by atoms with Gasteiger partial charge in [-0.25, -0.2) is 0 Å². The van der Waals surface area contributed by atoms with E-state index in [1.807, 2.05) is 32.0 Å². The third kappa shape index (κ3) is 2.54. The van der Waals surface area contributed by atoms with Gasteiger partial charge in [-0.2, -0.15) is 4.98 Å². The van der Waals surface area contributed by atoms with Crippen molar-refractivity contribution in [3.8, 4) is 11.5 Å². The highest BCUT2D eigenvalue weighted by molar-refractivity contribution is 6.33. The van der Waals surface area contributed by atoms with Crippen LogP contribution in [0.15, 0.2) is 22.7 Å². The lowest BCUT2D eigenvalue weighted by molar-refractivity contribution is 0.153. The number of halogens is 1. The maximum atomic E-state index is 9.79. The van der Waals surface area contributed by atoms with Crippen LogP contribution < -0.4 is 0 Å². The number of aliphatic hydroxyl groups excluding tert-OH is 1. The SMILES string of the molecule is CCCC(O)c1noc(-c2cccc(C)c2Cl)n1. The van der Waals surface area contributed by atoms with Gasteiger partial charge in [0, 0.05) is 0 Å². The van der Waals surface area contributed by atoms with Gasteiger partial charge in [-0.1, -0.05) is 42.2 Å². The molecule has 0 amide bonds. The van der Waals surface area contributed by atoms with Gasteiger partial charge in [-0.3, -0.25) is 0 Å². The van der Waals surface area contributed by atoms with Gasteiger partial charge in [0.2, 0.25) is 5.82 Å². The summed E-state index contributed by atoms with van der Waals surface area (Å²) in [7, 11) is 0. The summed E-state index contributed by atoms with van der Waals surface area (Å²) >= 11 is 6.19. The summed E-state index contributed by atoms with van der Waals surface area (Å²) < 4.78 is 5.15. The van der Waals surface area contributed by atoms with Gasteiger partial charge < -0.3 is 9.63 Å². The summed E-state index contributed by atoms with van der Waals surface area (Å²) in [6.07, 6.45) is 0.785. The van der Waals surface area contributed by atoms with Crippen LogP contribution in [0.4, 0.5) is 0 Å². The van der Waals surface area contributed by atoms with Crippen LogP contribution in [0.1, 0.15) is 37.3 Å². The van der Waals surface area contributed by atoms with E-state index in [1.54, 1.807) is 0 Å². The first-order chi connectivity index (χ1) is 8.63. The van der Waals surface area contributed by atoms with E-state index < -0.39 is 6.10 Å². The van der Waals surface area contributed by atoms with Gasteiger partial charge in [0.05, 0.1) is 10.6 Å². The molecule has 0 aliphatic rings. The molecule has 0 aliphatic heterocycles. The number of hydrogen-bond donors (Lipinski definition) is 1. The Morgan fingerprint density at radius 2 is 2.22 bits per heavy atom. The molecule has 0 aliphatic carbocycles. The van der Waals surface area contributed by atoms with Gasteiger partial charge >= 0.3 is 0 Å². The molecule has 1 N–H and O–H groups in total. The van der Waals surface area contributed by atoms with Gasteiger partial charge in [0.15, 0.2) is 0 Å². The van der Waals surface area contributed by atoms with Crippen LogP contribution in [-0.2, 0) is 0 Å². The molecule has 0 saturated heterocycles. The minimum atomic E-state index is -0.684. The fourth-order valence-corrected chi connectivity index (χ4v) is 1.90. The van der Waals surface area contributed by atoms with E-state index in [2.05, 4.69) is 10.1 Å². The average molecular weight is 267 g/mol. The fourth-order valence-electron chi connectivity index (χ4n) is 1.69. The lowest BCUT2D eigenvalue weighted by Crippen LogP contribution is -1.98. The zero-order valence-corrected chi connectivity index (χ0v) is 11.1. The second-order valence-corrected chi connectivity index (χ2v) is 4.58. The molecule has 96 valence electrons. The monoisotopic (exact) mass is 266 g/mol. The van der Waals surface area contributed by atoms with Crippen molar-refractivity contribution in [2.45, 2.75) is 32.8 Å². The number of aromatic nitrogens is 2. The van der Waals surface area contributed by atoms with Gasteiger partial charge in [0.1, 0.15) is 6.10 Å². The number of rotatable bonds is 4. The molecule has 0 spiro atoms. The predicted molar refractivity (Wildman–Crippen MR) is 69.3 cm³/mol. The Kier molecular flexibility index (Phi) is 3.99. The average Bonchev–Trinajstić information content (AvgIpc) is 2.82. The van der Waals surface area contributed by atoms with E-state index in [-0.39, 0.29) is 0 Å². The molecule has 1 aromatic carbocycles. The highest BCUT2D eigenvalue weighted by atomic mass is 35.5. The van der Waals surface area contributed by atoms with Crippen molar-refractivity contribution in [3.05, 3.63) is 34.6 Å². The van der Waals surface area contributed by atoms with Crippen LogP contribution in [0.2, 0.25) is 5.02 Å². The quantitative estimate of drug-likeness (QED) is 0.920. The summed E-state index contributed by atoms with van der Waals surface area (Å²) in [6, 6.07) is 5.61. The molecule has 1 heterocycles. The molecule has 0 fully saturated rings. The lowest BCUT2D eigenvalue weighted by Gasteiger charge is -2.02. The van der Waals surface area contributed by atoms with Crippen molar-refractivity contribution >= 4 is 11.6 Å². The van der Waals surface area contributed by atoms with Crippen LogP contribution in [0, 0.1) is 6.92 Å². The zero-order valence-electron chi connectivity index (χ0n) is 10.4. The van der Waals surface area contributed by atoms with Crippen molar-refractivity contribution in [1.82, 2.24) is 10.1 Å². The Bertz CT molecular complexity index is 540. The Hall–Kier alpha value is -1.39. The van der Waals surface area contributed by atoms with Crippen LogP contribution in [0.25, 0.3) is 11.5 Å². The topological polar surface area (TPSA) is 59.2 Å². The van der Waals surface area contributed by atoms with Crippen LogP contribution in [0.3, 0.4) is 0 Å². The van der Waals surface area contributed by atoms with E-state index in [9.17, 15) is 5.11 Å². The first-order valence-electron chi connectivity index (χ1n) is 5.90. The zero-order chi connectivity index (χ0) is 13.1. The second kappa shape index (κ2) is 5.50. The highest BCUT2D eigenvalue weighted by Gasteiger charge is 2.17. The second-order valence-electron chi connectivity index (χ2n) is 4.20. The van der Waals surface area contributed by atoms with Gasteiger partial charge in [-0.15, -0.1) is 0 Å². The lowest BCUT2D eigenvalue weighted by atomic mass is 10.1. The summed E-state index contributed by atoms with van der Waals surface area (Å²) in [6.45, 7) is 3.90. The first kappa shape index (κ1) is 13.1. The van der Waals surface area contributed by atoms with E-state index in [0.29, 0.717) is 28.7 Å². The molecule has 5 heteroatoms. The Morgan fingerprint density at radius 1 is 1.44 bits per heavy atom. The van der Waals surface area contributed by atoms with E-state index in [0.717, 1.165) is 12.0 Å². The molecule has 18 heavy (non-hydrogen) atoms. The molecule has 1 unspecified atom stereocenters. The van der Waals surface area contributed by atoms with Crippen molar-refractivity contribution < 1.29 is 9.63 Å². The predicted octanol–water partition coefficient (Wildman–Crippen LogP) is 3.53. The smallest absolute Gasteiger partial charge is 0.259 e. The standard InChI is InChI=1S/C13H15ClN2O2/c1-3-5-10(17)12-15-13(18-16-12)9-7-4-6-8(2)11(9)14/h4,6-7,10,17H,3,5H2,1-2H3. The Balaban J connectivity index is 2.32. The molecule has 2 aromatic rings. The minimum Gasteiger partial charge on any atom is -0.385 e. The third-order valence-corrected chi connectivity index (χ3v) is 3.23. The number of aryl methyl sites for hydroxylation is 1. The first-order valence-corrected chi connectivity index (χ1v) is 6.28. The summed E-state index contributed by atoms with van der Waals surface area (Å²) in [5.74, 6) is 0.651. The van der Waals surface area contributed by atoms with E-state index in [1.165, 1.54) is 0 Å². The van der Waals surface area contributed by atoms with Gasteiger partial charge in [0.25, 0.3) is 5.89 Å². The minimum absolute atomic E-state index is 0.310. The fraction of sp³-hybridized carbons (Fsp3) is 0.385.